The topological polar surface area (TPSA) is 140 Å². The molecule has 0 aliphatic carbocycles. The predicted molar refractivity (Wildman–Crippen MR) is 147 cm³/mol. The van der Waals surface area contributed by atoms with E-state index in [4.69, 9.17) is 4.74 Å². The number of aryl methyl sites for hydroxylation is 1. The molecule has 5 aromatic rings. The Morgan fingerprint density at radius 2 is 2.00 bits per heavy atom. The summed E-state index contributed by atoms with van der Waals surface area (Å²) in [5, 5.41) is 25.1. The highest BCUT2D eigenvalue weighted by atomic mass is 19.3. The van der Waals surface area contributed by atoms with Crippen LogP contribution in [0.15, 0.2) is 48.8 Å². The number of fused-ring (bicyclic) bond motifs is 1. The fourth-order valence-corrected chi connectivity index (χ4v) is 5.03. The molecule has 42 heavy (non-hydrogen) atoms. The minimum atomic E-state index is -2.80. The van der Waals surface area contributed by atoms with Crippen molar-refractivity contribution >= 4 is 28.4 Å². The lowest BCUT2D eigenvalue weighted by atomic mass is 10.1. The van der Waals surface area contributed by atoms with E-state index in [2.05, 4.69) is 30.6 Å². The van der Waals surface area contributed by atoms with Crippen molar-refractivity contribution in [3.05, 3.63) is 71.4 Å². The number of hydrogen-bond acceptors (Lipinski definition) is 9. The van der Waals surface area contributed by atoms with E-state index in [0.717, 1.165) is 0 Å². The Hall–Kier alpha value is -5.45. The van der Waals surface area contributed by atoms with Gasteiger partial charge in [0.25, 0.3) is 6.43 Å². The average molecular weight is 571 g/mol. The molecule has 6 rings (SSSR count). The molecule has 5 heterocycles. The number of amides is 1. The second-order valence-electron chi connectivity index (χ2n) is 9.76. The number of methoxy groups -OCH3 is 1. The van der Waals surface area contributed by atoms with Crippen molar-refractivity contribution in [2.75, 3.05) is 19.5 Å². The summed E-state index contributed by atoms with van der Waals surface area (Å²) < 4.78 is 36.3. The first-order valence-electron chi connectivity index (χ1n) is 13.0. The second kappa shape index (κ2) is 10.5. The van der Waals surface area contributed by atoms with Gasteiger partial charge in [0.15, 0.2) is 17.3 Å². The van der Waals surface area contributed by atoms with Crippen LogP contribution in [0.4, 0.5) is 20.3 Å². The molecule has 212 valence electrons. The van der Waals surface area contributed by atoms with Crippen LogP contribution < -0.4 is 10.1 Å². The van der Waals surface area contributed by atoms with Gasteiger partial charge in [-0.1, -0.05) is 0 Å². The van der Waals surface area contributed by atoms with E-state index in [1.54, 1.807) is 41.6 Å². The molecule has 1 fully saturated rings. The van der Waals surface area contributed by atoms with Crippen LogP contribution in [0.3, 0.4) is 0 Å². The molecule has 0 spiro atoms. The SMILES string of the molecule is COc1cc2c(cc1Nc1ccc(C3CCC(=O)N3C)nn1)ncn2-c1ccc(C(F)F)c(-n2nc(C#N)cc2C)n1. The molecule has 14 heteroatoms. The van der Waals surface area contributed by atoms with Gasteiger partial charge in [0.1, 0.15) is 24.0 Å². The van der Waals surface area contributed by atoms with Crippen molar-refractivity contribution in [1.82, 2.24) is 39.4 Å². The van der Waals surface area contributed by atoms with Crippen LogP contribution in [0, 0.1) is 18.3 Å². The molecule has 0 bridgehead atoms. The molecule has 1 aliphatic heterocycles. The molecule has 1 aromatic carbocycles. The second-order valence-corrected chi connectivity index (χ2v) is 9.76. The summed E-state index contributed by atoms with van der Waals surface area (Å²) in [6.07, 6.45) is -0.0757. The summed E-state index contributed by atoms with van der Waals surface area (Å²) >= 11 is 0. The standard InChI is InChI=1S/C28H24F2N10O2/c1-15-10-16(13-31)37-40(15)28-17(27(29)30)4-8-25(34-28)39-14-32-19-11-20(23(42-3)12-22(19)39)33-24-7-5-18(35-36-24)21-6-9-26(41)38(21)2/h4-5,7-8,10-12,14,21,27H,6,9H2,1-3H3,(H,33,36). The molecular weight excluding hydrogens is 546 g/mol. The number of hydrogen-bond donors (Lipinski definition) is 1. The number of halogens is 2. The third kappa shape index (κ3) is 4.64. The highest BCUT2D eigenvalue weighted by Gasteiger charge is 2.30. The Morgan fingerprint density at radius 3 is 2.64 bits per heavy atom. The summed E-state index contributed by atoms with van der Waals surface area (Å²) in [4.78, 5) is 22.6. The van der Waals surface area contributed by atoms with Gasteiger partial charge in [0.05, 0.1) is 41.1 Å². The molecule has 0 radical (unpaired) electrons. The zero-order chi connectivity index (χ0) is 29.5. The zero-order valence-corrected chi connectivity index (χ0v) is 22.8. The largest absolute Gasteiger partial charge is 0.494 e. The van der Waals surface area contributed by atoms with E-state index in [1.807, 2.05) is 12.1 Å². The number of nitrogens with zero attached hydrogens (tertiary/aromatic N) is 9. The van der Waals surface area contributed by atoms with E-state index in [-0.39, 0.29) is 29.0 Å². The van der Waals surface area contributed by atoms with Crippen LogP contribution in [0.25, 0.3) is 22.7 Å². The Kier molecular flexibility index (Phi) is 6.69. The first kappa shape index (κ1) is 26.8. The van der Waals surface area contributed by atoms with Crippen molar-refractivity contribution < 1.29 is 18.3 Å². The normalized spacial score (nSPS) is 15.0. The predicted octanol–water partition coefficient (Wildman–Crippen LogP) is 4.56. The molecule has 4 aromatic heterocycles. The van der Waals surface area contributed by atoms with E-state index in [9.17, 15) is 18.8 Å². The molecule has 1 N–H and O–H groups in total. The number of aromatic nitrogens is 7. The van der Waals surface area contributed by atoms with Crippen LogP contribution in [0.1, 0.15) is 48.0 Å². The maximum Gasteiger partial charge on any atom is 0.267 e. The van der Waals surface area contributed by atoms with Gasteiger partial charge in [0, 0.05) is 25.2 Å². The highest BCUT2D eigenvalue weighted by Crippen LogP contribution is 2.34. The summed E-state index contributed by atoms with van der Waals surface area (Å²) in [6.45, 7) is 1.66. The number of anilines is 2. The van der Waals surface area contributed by atoms with Crippen molar-refractivity contribution in [3.8, 4) is 23.5 Å². The number of carbonyl (C=O) groups is 1. The van der Waals surface area contributed by atoms with Crippen molar-refractivity contribution in [2.45, 2.75) is 32.2 Å². The summed E-state index contributed by atoms with van der Waals surface area (Å²) in [5.41, 5.74) is 2.77. The van der Waals surface area contributed by atoms with Gasteiger partial charge >= 0.3 is 0 Å². The van der Waals surface area contributed by atoms with Crippen molar-refractivity contribution in [3.63, 3.8) is 0 Å². The summed E-state index contributed by atoms with van der Waals surface area (Å²) in [6, 6.07) is 13.2. The summed E-state index contributed by atoms with van der Waals surface area (Å²) in [5.74, 6) is 1.28. The Balaban J connectivity index is 1.34. The Bertz CT molecular complexity index is 1860. The molecule has 1 unspecified atom stereocenters. The molecule has 1 amide bonds. The number of likely N-dealkylation sites (tertiary alicyclic amines) is 1. The molecule has 0 saturated carbocycles. The molecule has 1 saturated heterocycles. The van der Waals surface area contributed by atoms with Crippen LogP contribution in [0.5, 0.6) is 5.75 Å². The molecule has 1 atom stereocenters. The van der Waals surface area contributed by atoms with Gasteiger partial charge in [-0.15, -0.1) is 5.10 Å². The molecule has 1 aliphatic rings. The van der Waals surface area contributed by atoms with Crippen molar-refractivity contribution in [2.24, 2.45) is 0 Å². The van der Waals surface area contributed by atoms with Crippen molar-refractivity contribution in [1.29, 1.82) is 5.26 Å². The smallest absolute Gasteiger partial charge is 0.267 e. The van der Waals surface area contributed by atoms with Crippen LogP contribution >= 0.6 is 0 Å². The third-order valence-corrected chi connectivity index (χ3v) is 7.23. The number of rotatable bonds is 7. The van der Waals surface area contributed by atoms with E-state index in [1.165, 1.54) is 36.3 Å². The maximum atomic E-state index is 13.9. The van der Waals surface area contributed by atoms with Crippen LogP contribution in [0.2, 0.25) is 0 Å². The number of imidazole rings is 1. The first-order chi connectivity index (χ1) is 20.3. The monoisotopic (exact) mass is 570 g/mol. The van der Waals surface area contributed by atoms with E-state index < -0.39 is 6.43 Å². The molecular formula is C28H24F2N10O2. The lowest BCUT2D eigenvalue weighted by Gasteiger charge is -2.19. The quantitative estimate of drug-likeness (QED) is 0.298. The Labute approximate surface area is 238 Å². The minimum Gasteiger partial charge on any atom is -0.494 e. The number of carbonyl (C=O) groups excluding carboxylic acids is 1. The average Bonchev–Trinajstić information content (AvgIpc) is 3.68. The number of benzene rings is 1. The lowest BCUT2D eigenvalue weighted by molar-refractivity contribution is -0.127. The first-order valence-corrected chi connectivity index (χ1v) is 13.0. The van der Waals surface area contributed by atoms with Gasteiger partial charge in [-0.05, 0) is 49.7 Å². The van der Waals surface area contributed by atoms with Crippen LogP contribution in [-0.2, 0) is 4.79 Å². The number of nitriles is 1. The highest BCUT2D eigenvalue weighted by molar-refractivity contribution is 5.86. The van der Waals surface area contributed by atoms with Gasteiger partial charge in [-0.3, -0.25) is 9.36 Å². The fraction of sp³-hybridized carbons (Fsp3) is 0.250. The van der Waals surface area contributed by atoms with E-state index in [0.29, 0.717) is 58.3 Å². The third-order valence-electron chi connectivity index (χ3n) is 7.23. The number of alkyl halides is 2. The number of pyridine rings is 1. The van der Waals surface area contributed by atoms with Gasteiger partial charge in [-0.2, -0.15) is 15.5 Å². The maximum absolute atomic E-state index is 13.9. The van der Waals surface area contributed by atoms with E-state index >= 15 is 0 Å². The van der Waals surface area contributed by atoms with Crippen LogP contribution in [-0.4, -0.2) is 59.5 Å². The number of ether oxygens (including phenoxy) is 1. The lowest BCUT2D eigenvalue weighted by Crippen LogP contribution is -2.23. The van der Waals surface area contributed by atoms with Gasteiger partial charge in [0.2, 0.25) is 5.91 Å². The van der Waals surface area contributed by atoms with Gasteiger partial charge < -0.3 is 15.0 Å². The summed E-state index contributed by atoms with van der Waals surface area (Å²) in [7, 11) is 3.29. The zero-order valence-electron chi connectivity index (χ0n) is 22.8. The van der Waals surface area contributed by atoms with Gasteiger partial charge in [-0.25, -0.2) is 23.4 Å². The fourth-order valence-electron chi connectivity index (χ4n) is 5.03. The minimum absolute atomic E-state index is 0.0798. The molecule has 12 nitrogen and oxygen atoms in total. The Morgan fingerprint density at radius 1 is 1.17 bits per heavy atom. The number of nitrogens with one attached hydrogen (secondary N) is 1.